The van der Waals surface area contributed by atoms with Gasteiger partial charge >= 0.3 is 12.1 Å². The van der Waals surface area contributed by atoms with Crippen LogP contribution in [0.2, 0.25) is 0 Å². The van der Waals surface area contributed by atoms with E-state index in [4.69, 9.17) is 9.47 Å². The van der Waals surface area contributed by atoms with Gasteiger partial charge in [-0.25, -0.2) is 4.79 Å². The second kappa shape index (κ2) is 11.1. The second-order valence-electron chi connectivity index (χ2n) is 7.29. The molecule has 35 heavy (non-hydrogen) atoms. The third kappa shape index (κ3) is 6.34. The Labute approximate surface area is 207 Å². The molecule has 0 fully saturated rings. The van der Waals surface area contributed by atoms with Crippen molar-refractivity contribution in [1.82, 2.24) is 14.8 Å². The minimum absolute atomic E-state index is 0.000519. The fourth-order valence-electron chi connectivity index (χ4n) is 3.21. The van der Waals surface area contributed by atoms with E-state index in [0.29, 0.717) is 28.0 Å². The number of nitrogens with zero attached hydrogens (tertiary/aromatic N) is 3. The number of carbonyl (C=O) groups excluding carboxylic acids is 2. The maximum atomic E-state index is 12.9. The summed E-state index contributed by atoms with van der Waals surface area (Å²) in [4.78, 5) is 25.7. The number of hydrogen-bond acceptors (Lipinski definition) is 8. The van der Waals surface area contributed by atoms with Crippen LogP contribution in [0.3, 0.4) is 0 Å². The molecule has 2 heterocycles. The van der Waals surface area contributed by atoms with Crippen molar-refractivity contribution in [3.05, 3.63) is 51.7 Å². The number of amides is 1. The van der Waals surface area contributed by atoms with Crippen molar-refractivity contribution in [3.63, 3.8) is 0 Å². The Morgan fingerprint density at radius 1 is 1.26 bits per heavy atom. The molecular formula is C22H23F3N4O4S2. The number of nitrogens with one attached hydrogen (secondary N) is 1. The summed E-state index contributed by atoms with van der Waals surface area (Å²) in [6.45, 7) is 3.70. The molecule has 1 amide bonds. The number of anilines is 1. The number of thiophene rings is 1. The van der Waals surface area contributed by atoms with Crippen molar-refractivity contribution in [1.29, 1.82) is 0 Å². The molecular weight excluding hydrogens is 505 g/mol. The molecule has 0 aliphatic rings. The number of ether oxygens (including phenoxy) is 2. The lowest BCUT2D eigenvalue weighted by molar-refractivity contribution is -0.137. The number of benzene rings is 1. The number of thioether (sulfide) groups is 1. The number of alkyl halides is 3. The molecule has 0 aliphatic carbocycles. The van der Waals surface area contributed by atoms with Crippen LogP contribution in [-0.2, 0) is 35.8 Å². The molecule has 0 atom stereocenters. The highest BCUT2D eigenvalue weighted by Gasteiger charge is 2.30. The average molecular weight is 529 g/mol. The molecule has 3 aromatic rings. The Balaban J connectivity index is 1.61. The molecule has 0 saturated heterocycles. The van der Waals surface area contributed by atoms with Crippen molar-refractivity contribution in [2.75, 3.05) is 18.2 Å². The van der Waals surface area contributed by atoms with E-state index in [-0.39, 0.29) is 24.0 Å². The van der Waals surface area contributed by atoms with Gasteiger partial charge in [0.15, 0.2) is 11.0 Å². The van der Waals surface area contributed by atoms with Gasteiger partial charge < -0.3 is 19.4 Å². The van der Waals surface area contributed by atoms with Gasteiger partial charge in [-0.05, 0) is 37.1 Å². The van der Waals surface area contributed by atoms with Crippen molar-refractivity contribution < 1.29 is 32.2 Å². The molecule has 188 valence electrons. The highest BCUT2D eigenvalue weighted by atomic mass is 32.2. The molecule has 2 aromatic heterocycles. The summed E-state index contributed by atoms with van der Waals surface area (Å²) in [6.07, 6.45) is -3.84. The largest absolute Gasteiger partial charge is 0.486 e. The normalized spacial score (nSPS) is 11.4. The van der Waals surface area contributed by atoms with Gasteiger partial charge in [0.2, 0.25) is 5.91 Å². The molecule has 0 bridgehead atoms. The minimum Gasteiger partial charge on any atom is -0.486 e. The van der Waals surface area contributed by atoms with Crippen molar-refractivity contribution in [3.8, 4) is 5.75 Å². The van der Waals surface area contributed by atoms with Gasteiger partial charge in [-0.1, -0.05) is 24.8 Å². The van der Waals surface area contributed by atoms with Gasteiger partial charge in [-0.3, -0.25) is 4.79 Å². The molecule has 1 aromatic carbocycles. The van der Waals surface area contributed by atoms with Crippen LogP contribution in [-0.4, -0.2) is 39.5 Å². The Morgan fingerprint density at radius 3 is 2.66 bits per heavy atom. The van der Waals surface area contributed by atoms with Gasteiger partial charge in [0, 0.05) is 11.9 Å². The molecule has 0 unspecified atom stereocenters. The van der Waals surface area contributed by atoms with Gasteiger partial charge in [-0.2, -0.15) is 13.2 Å². The van der Waals surface area contributed by atoms with Crippen molar-refractivity contribution >= 4 is 40.0 Å². The summed E-state index contributed by atoms with van der Waals surface area (Å²) in [5.74, 6) is -0.420. The lowest BCUT2D eigenvalue weighted by Gasteiger charge is -2.10. The zero-order valence-electron chi connectivity index (χ0n) is 19.4. The van der Waals surface area contributed by atoms with E-state index in [1.807, 2.05) is 13.8 Å². The van der Waals surface area contributed by atoms with Crippen LogP contribution >= 0.6 is 23.1 Å². The standard InChI is InChI=1S/C22H23F3N4O4S2/c1-5-15-12(2)35-19(18(15)20(31)32-4)26-17(30)11-34-21-28-27-16(29(21)3)10-33-14-8-6-7-13(9-14)22(23,24)25/h6-9H,5,10-11H2,1-4H3,(H,26,30). The van der Waals surface area contributed by atoms with E-state index in [0.717, 1.165) is 34.3 Å². The first-order valence-corrected chi connectivity index (χ1v) is 12.2. The van der Waals surface area contributed by atoms with Crippen LogP contribution in [0.5, 0.6) is 5.75 Å². The third-order valence-corrected chi connectivity index (χ3v) is 7.07. The molecule has 3 rings (SSSR count). The van der Waals surface area contributed by atoms with E-state index < -0.39 is 17.7 Å². The molecule has 8 nitrogen and oxygen atoms in total. The average Bonchev–Trinajstić information content (AvgIpc) is 3.33. The number of aryl methyl sites for hydroxylation is 1. The number of aromatic nitrogens is 3. The van der Waals surface area contributed by atoms with E-state index in [2.05, 4.69) is 15.5 Å². The predicted molar refractivity (Wildman–Crippen MR) is 126 cm³/mol. The van der Waals surface area contributed by atoms with E-state index in [1.165, 1.54) is 30.6 Å². The van der Waals surface area contributed by atoms with Crippen molar-refractivity contribution in [2.45, 2.75) is 38.2 Å². The summed E-state index contributed by atoms with van der Waals surface area (Å²) in [7, 11) is 2.95. The number of carbonyl (C=O) groups is 2. The van der Waals surface area contributed by atoms with Gasteiger partial charge in [0.05, 0.1) is 24.0 Å². The molecule has 0 radical (unpaired) electrons. The number of esters is 1. The highest BCUT2D eigenvalue weighted by molar-refractivity contribution is 7.99. The molecule has 0 saturated carbocycles. The monoisotopic (exact) mass is 528 g/mol. The topological polar surface area (TPSA) is 95.3 Å². The summed E-state index contributed by atoms with van der Waals surface area (Å²) in [5, 5.41) is 11.6. The highest BCUT2D eigenvalue weighted by Crippen LogP contribution is 2.34. The molecule has 1 N–H and O–H groups in total. The number of rotatable bonds is 9. The Kier molecular flexibility index (Phi) is 8.43. The lowest BCUT2D eigenvalue weighted by atomic mass is 10.1. The Morgan fingerprint density at radius 2 is 2.00 bits per heavy atom. The van der Waals surface area contributed by atoms with Crippen molar-refractivity contribution in [2.24, 2.45) is 7.05 Å². The van der Waals surface area contributed by atoms with Gasteiger partial charge in [-0.15, -0.1) is 21.5 Å². The van der Waals surface area contributed by atoms with E-state index >= 15 is 0 Å². The van der Waals surface area contributed by atoms with E-state index in [9.17, 15) is 22.8 Å². The smallest absolute Gasteiger partial charge is 0.416 e. The maximum absolute atomic E-state index is 12.9. The molecule has 0 aliphatic heterocycles. The Bertz CT molecular complexity index is 1220. The summed E-state index contributed by atoms with van der Waals surface area (Å²) in [5.41, 5.74) is 0.393. The quantitative estimate of drug-likeness (QED) is 0.313. The van der Waals surface area contributed by atoms with Crippen LogP contribution in [0.4, 0.5) is 18.2 Å². The lowest BCUT2D eigenvalue weighted by Crippen LogP contribution is -2.16. The van der Waals surface area contributed by atoms with E-state index in [1.54, 1.807) is 11.6 Å². The Hall–Kier alpha value is -3.06. The zero-order valence-corrected chi connectivity index (χ0v) is 21.0. The van der Waals surface area contributed by atoms with Crippen LogP contribution in [0.1, 0.15) is 39.1 Å². The zero-order chi connectivity index (χ0) is 25.8. The van der Waals surface area contributed by atoms with Crippen LogP contribution in [0, 0.1) is 6.92 Å². The maximum Gasteiger partial charge on any atom is 0.416 e. The summed E-state index contributed by atoms with van der Waals surface area (Å²) >= 11 is 2.43. The SMILES string of the molecule is CCc1c(C)sc(NC(=O)CSc2nnc(COc3cccc(C(F)(F)F)c3)n2C)c1C(=O)OC. The fraction of sp³-hybridized carbons (Fsp3) is 0.364. The van der Waals surface area contributed by atoms with Crippen LogP contribution in [0.25, 0.3) is 0 Å². The van der Waals surface area contributed by atoms with Crippen LogP contribution in [0.15, 0.2) is 29.4 Å². The predicted octanol–water partition coefficient (Wildman–Crippen LogP) is 4.86. The fourth-order valence-corrected chi connectivity index (χ4v) is 5.09. The second-order valence-corrected chi connectivity index (χ2v) is 9.46. The number of hydrogen-bond donors (Lipinski definition) is 1. The number of halogens is 3. The summed E-state index contributed by atoms with van der Waals surface area (Å²) in [6, 6.07) is 4.56. The first kappa shape index (κ1) is 26.5. The molecule has 13 heteroatoms. The summed E-state index contributed by atoms with van der Waals surface area (Å²) < 4.78 is 50.5. The van der Waals surface area contributed by atoms with Gasteiger partial charge in [0.25, 0.3) is 0 Å². The third-order valence-electron chi connectivity index (χ3n) is 4.99. The first-order valence-electron chi connectivity index (χ1n) is 10.4. The first-order chi connectivity index (χ1) is 16.5. The van der Waals surface area contributed by atoms with Crippen LogP contribution < -0.4 is 10.1 Å². The van der Waals surface area contributed by atoms with Gasteiger partial charge in [0.1, 0.15) is 17.4 Å². The molecule has 0 spiro atoms. The number of methoxy groups -OCH3 is 1. The minimum atomic E-state index is -4.47.